The van der Waals surface area contributed by atoms with Crippen LogP contribution in [0.1, 0.15) is 32.1 Å². The molecule has 1 aromatic rings. The SMILES string of the molecule is CN(CCCOc1cccc(N)c1)CC1(O)CCCC1. The van der Waals surface area contributed by atoms with Gasteiger partial charge in [0.25, 0.3) is 0 Å². The van der Waals surface area contributed by atoms with Gasteiger partial charge in [-0.3, -0.25) is 0 Å². The summed E-state index contributed by atoms with van der Waals surface area (Å²) < 4.78 is 5.66. The van der Waals surface area contributed by atoms with E-state index in [1.165, 1.54) is 0 Å². The number of nitrogens with zero attached hydrogens (tertiary/aromatic N) is 1. The Morgan fingerprint density at radius 3 is 2.80 bits per heavy atom. The molecule has 0 unspecified atom stereocenters. The molecule has 0 amide bonds. The highest BCUT2D eigenvalue weighted by molar-refractivity contribution is 5.43. The summed E-state index contributed by atoms with van der Waals surface area (Å²) in [6.07, 6.45) is 5.14. The van der Waals surface area contributed by atoms with Gasteiger partial charge in [-0.15, -0.1) is 0 Å². The molecule has 0 radical (unpaired) electrons. The van der Waals surface area contributed by atoms with E-state index in [1.807, 2.05) is 24.3 Å². The topological polar surface area (TPSA) is 58.7 Å². The van der Waals surface area contributed by atoms with E-state index in [4.69, 9.17) is 10.5 Å². The predicted octanol–water partition coefficient (Wildman–Crippen LogP) is 2.27. The van der Waals surface area contributed by atoms with E-state index >= 15 is 0 Å². The summed E-state index contributed by atoms with van der Waals surface area (Å²) in [7, 11) is 2.07. The Bertz CT molecular complexity index is 417. The van der Waals surface area contributed by atoms with Crippen molar-refractivity contribution >= 4 is 5.69 Å². The van der Waals surface area contributed by atoms with Crippen molar-refractivity contribution in [2.45, 2.75) is 37.7 Å². The molecule has 1 saturated carbocycles. The van der Waals surface area contributed by atoms with Gasteiger partial charge < -0.3 is 20.5 Å². The molecule has 1 aliphatic carbocycles. The highest BCUT2D eigenvalue weighted by atomic mass is 16.5. The van der Waals surface area contributed by atoms with Gasteiger partial charge in [-0.1, -0.05) is 18.9 Å². The Morgan fingerprint density at radius 1 is 1.35 bits per heavy atom. The first-order valence-corrected chi connectivity index (χ1v) is 7.47. The first-order valence-electron chi connectivity index (χ1n) is 7.47. The lowest BCUT2D eigenvalue weighted by Crippen LogP contribution is -2.39. The van der Waals surface area contributed by atoms with Gasteiger partial charge in [0, 0.05) is 24.8 Å². The number of ether oxygens (including phenoxy) is 1. The van der Waals surface area contributed by atoms with Crippen LogP contribution in [0, 0.1) is 0 Å². The van der Waals surface area contributed by atoms with Gasteiger partial charge in [-0.2, -0.15) is 0 Å². The van der Waals surface area contributed by atoms with E-state index in [9.17, 15) is 5.11 Å². The summed E-state index contributed by atoms with van der Waals surface area (Å²) in [5.74, 6) is 0.821. The van der Waals surface area contributed by atoms with Crippen LogP contribution in [-0.4, -0.2) is 42.4 Å². The van der Waals surface area contributed by atoms with Crippen molar-refractivity contribution in [3.05, 3.63) is 24.3 Å². The second-order valence-corrected chi connectivity index (χ2v) is 5.94. The van der Waals surface area contributed by atoms with Crippen molar-refractivity contribution in [1.29, 1.82) is 0 Å². The molecular formula is C16H26N2O2. The van der Waals surface area contributed by atoms with Crippen LogP contribution >= 0.6 is 0 Å². The van der Waals surface area contributed by atoms with Crippen LogP contribution in [0.25, 0.3) is 0 Å². The average molecular weight is 278 g/mol. The molecule has 4 nitrogen and oxygen atoms in total. The minimum Gasteiger partial charge on any atom is -0.493 e. The number of anilines is 1. The Hall–Kier alpha value is -1.26. The molecule has 0 aliphatic heterocycles. The number of nitrogen functional groups attached to an aromatic ring is 1. The van der Waals surface area contributed by atoms with E-state index < -0.39 is 5.60 Å². The molecule has 0 spiro atoms. The zero-order valence-corrected chi connectivity index (χ0v) is 12.3. The number of hydrogen-bond acceptors (Lipinski definition) is 4. The third kappa shape index (κ3) is 4.69. The minimum absolute atomic E-state index is 0.455. The number of likely N-dealkylation sites (N-methyl/N-ethyl adjacent to an activating group) is 1. The maximum atomic E-state index is 10.3. The number of hydrogen-bond donors (Lipinski definition) is 2. The molecule has 0 atom stereocenters. The normalized spacial score (nSPS) is 17.6. The fraction of sp³-hybridized carbons (Fsp3) is 0.625. The van der Waals surface area contributed by atoms with E-state index in [-0.39, 0.29) is 0 Å². The van der Waals surface area contributed by atoms with Gasteiger partial charge in [-0.25, -0.2) is 0 Å². The summed E-state index contributed by atoms with van der Waals surface area (Å²) in [5, 5.41) is 10.3. The molecule has 3 N–H and O–H groups in total. The molecule has 4 heteroatoms. The quantitative estimate of drug-likeness (QED) is 0.593. The van der Waals surface area contributed by atoms with Gasteiger partial charge >= 0.3 is 0 Å². The summed E-state index contributed by atoms with van der Waals surface area (Å²) in [5.41, 5.74) is 5.97. The van der Waals surface area contributed by atoms with Crippen molar-refractivity contribution in [3.63, 3.8) is 0 Å². The minimum atomic E-state index is -0.455. The van der Waals surface area contributed by atoms with Crippen molar-refractivity contribution < 1.29 is 9.84 Å². The largest absolute Gasteiger partial charge is 0.493 e. The first kappa shape index (κ1) is 15.1. The van der Waals surface area contributed by atoms with Crippen molar-refractivity contribution in [3.8, 4) is 5.75 Å². The molecule has 0 aromatic heterocycles. The standard InChI is InChI=1S/C16H26N2O2/c1-18(13-16(19)8-2-3-9-16)10-5-11-20-15-7-4-6-14(17)12-15/h4,6-7,12,19H,2-3,5,8-11,13,17H2,1H3. The number of nitrogens with two attached hydrogens (primary N) is 1. The molecule has 1 aliphatic rings. The summed E-state index contributed by atoms with van der Waals surface area (Å²) in [6, 6.07) is 7.50. The van der Waals surface area contributed by atoms with Gasteiger partial charge in [0.15, 0.2) is 0 Å². The van der Waals surface area contributed by atoms with Crippen LogP contribution in [-0.2, 0) is 0 Å². The van der Waals surface area contributed by atoms with Crippen molar-refractivity contribution in [2.24, 2.45) is 0 Å². The third-order valence-electron chi connectivity index (χ3n) is 3.91. The maximum Gasteiger partial charge on any atom is 0.121 e. The molecule has 20 heavy (non-hydrogen) atoms. The fourth-order valence-electron chi connectivity index (χ4n) is 2.90. The Labute approximate surface area is 121 Å². The van der Waals surface area contributed by atoms with E-state index in [1.54, 1.807) is 0 Å². The molecule has 0 saturated heterocycles. The Kier molecular flexibility index (Phi) is 5.26. The summed E-state index contributed by atoms with van der Waals surface area (Å²) in [4.78, 5) is 2.20. The van der Waals surface area contributed by atoms with E-state index in [0.717, 1.165) is 56.6 Å². The average Bonchev–Trinajstić information content (AvgIpc) is 2.81. The van der Waals surface area contributed by atoms with Crippen LogP contribution in [0.4, 0.5) is 5.69 Å². The molecule has 1 fully saturated rings. The molecule has 0 bridgehead atoms. The van der Waals surface area contributed by atoms with Crippen LogP contribution < -0.4 is 10.5 Å². The molecule has 2 rings (SSSR count). The second kappa shape index (κ2) is 6.95. The molecular weight excluding hydrogens is 252 g/mol. The van der Waals surface area contributed by atoms with Crippen molar-refractivity contribution in [2.75, 3.05) is 32.5 Å². The van der Waals surface area contributed by atoms with Crippen LogP contribution in [0.15, 0.2) is 24.3 Å². The number of aliphatic hydroxyl groups is 1. The van der Waals surface area contributed by atoms with Crippen LogP contribution in [0.2, 0.25) is 0 Å². The fourth-order valence-corrected chi connectivity index (χ4v) is 2.90. The summed E-state index contributed by atoms with van der Waals surface area (Å²) in [6.45, 7) is 2.38. The lowest BCUT2D eigenvalue weighted by Gasteiger charge is -2.28. The third-order valence-corrected chi connectivity index (χ3v) is 3.91. The smallest absolute Gasteiger partial charge is 0.121 e. The Morgan fingerprint density at radius 2 is 2.10 bits per heavy atom. The molecule has 112 valence electrons. The van der Waals surface area contributed by atoms with Gasteiger partial charge in [0.1, 0.15) is 5.75 Å². The maximum absolute atomic E-state index is 10.3. The van der Waals surface area contributed by atoms with Gasteiger partial charge in [-0.05, 0) is 38.4 Å². The zero-order valence-electron chi connectivity index (χ0n) is 12.3. The van der Waals surface area contributed by atoms with Crippen LogP contribution in [0.3, 0.4) is 0 Å². The van der Waals surface area contributed by atoms with Gasteiger partial charge in [0.05, 0.1) is 12.2 Å². The molecule has 0 heterocycles. The second-order valence-electron chi connectivity index (χ2n) is 5.94. The zero-order chi connectivity index (χ0) is 14.4. The first-order chi connectivity index (χ1) is 9.57. The lowest BCUT2D eigenvalue weighted by atomic mass is 10.0. The van der Waals surface area contributed by atoms with Gasteiger partial charge in [0.2, 0.25) is 0 Å². The Balaban J connectivity index is 1.63. The summed E-state index contributed by atoms with van der Waals surface area (Å²) >= 11 is 0. The highest BCUT2D eigenvalue weighted by Gasteiger charge is 2.31. The van der Waals surface area contributed by atoms with Crippen molar-refractivity contribution in [1.82, 2.24) is 4.90 Å². The van der Waals surface area contributed by atoms with Crippen LogP contribution in [0.5, 0.6) is 5.75 Å². The molecule has 1 aromatic carbocycles. The number of rotatable bonds is 7. The predicted molar refractivity (Wildman–Crippen MR) is 81.9 cm³/mol. The number of benzene rings is 1. The lowest BCUT2D eigenvalue weighted by molar-refractivity contribution is 0.0155. The van der Waals surface area contributed by atoms with E-state index in [2.05, 4.69) is 11.9 Å². The monoisotopic (exact) mass is 278 g/mol. The van der Waals surface area contributed by atoms with E-state index in [0.29, 0.717) is 6.61 Å². The highest BCUT2D eigenvalue weighted by Crippen LogP contribution is 2.29.